The van der Waals surface area contributed by atoms with Gasteiger partial charge >= 0.3 is 0 Å². The average Bonchev–Trinajstić information content (AvgIpc) is 2.48. The second-order valence-electron chi connectivity index (χ2n) is 4.80. The average molecular weight is 276 g/mol. The molecule has 0 saturated heterocycles. The van der Waals surface area contributed by atoms with Crippen molar-refractivity contribution in [1.29, 1.82) is 5.26 Å². The molecule has 0 bridgehead atoms. The molecule has 0 saturated carbocycles. The number of nitrogen functional groups attached to an aromatic ring is 1. The van der Waals surface area contributed by atoms with Gasteiger partial charge in [-0.2, -0.15) is 9.84 Å². The van der Waals surface area contributed by atoms with Gasteiger partial charge in [0.2, 0.25) is 5.75 Å². The molecule has 2 N–H and O–H groups in total. The minimum atomic E-state index is 0.560. The summed E-state index contributed by atoms with van der Waals surface area (Å²) in [6.45, 7) is 2.02. The fourth-order valence-electron chi connectivity index (χ4n) is 2.14. The van der Waals surface area contributed by atoms with Crippen molar-refractivity contribution in [2.45, 2.75) is 6.92 Å². The van der Waals surface area contributed by atoms with Crippen LogP contribution < -0.4 is 10.5 Å². The normalized spacial score (nSPS) is 12.8. The summed E-state index contributed by atoms with van der Waals surface area (Å²) in [6, 6.07) is 14.7. The molecule has 4 heteroatoms. The van der Waals surface area contributed by atoms with Crippen molar-refractivity contribution in [2.24, 2.45) is 0 Å². The molecule has 1 heterocycles. The molecule has 0 unspecified atom stereocenters. The Morgan fingerprint density at radius 3 is 2.71 bits per heavy atom. The molecule has 2 aromatic rings. The predicted octanol–water partition coefficient (Wildman–Crippen LogP) is 3.56. The quantitative estimate of drug-likeness (QED) is 0.688. The molecule has 0 aliphatic carbocycles. The Balaban J connectivity index is 2.00. The molecule has 21 heavy (non-hydrogen) atoms. The van der Waals surface area contributed by atoms with Gasteiger partial charge in [0.05, 0.1) is 17.7 Å². The first kappa shape index (κ1) is 12.9. The number of hydrogen-bond acceptors (Lipinski definition) is 3. The van der Waals surface area contributed by atoms with E-state index in [1.54, 1.807) is 24.3 Å². The van der Waals surface area contributed by atoms with Crippen LogP contribution in [0.15, 0.2) is 54.7 Å². The molecule has 2 aromatic carbocycles. The second-order valence-corrected chi connectivity index (χ2v) is 4.80. The van der Waals surface area contributed by atoms with Crippen molar-refractivity contribution in [3.8, 4) is 17.6 Å². The van der Waals surface area contributed by atoms with E-state index in [1.165, 1.54) is 0 Å². The smallest absolute Gasteiger partial charge is 0.253 e. The number of ether oxygens (including phenoxy) is 1. The number of rotatable bonds is 3. The van der Waals surface area contributed by atoms with Crippen LogP contribution in [0.4, 0.5) is 11.4 Å². The van der Waals surface area contributed by atoms with E-state index >= 15 is 0 Å². The summed E-state index contributed by atoms with van der Waals surface area (Å²) in [4.78, 5) is 0. The molecular formula is C17H14N3O+. The Labute approximate surface area is 123 Å². The maximum absolute atomic E-state index is 8.95. The van der Waals surface area contributed by atoms with Crippen LogP contribution in [0.5, 0.6) is 11.5 Å². The SMILES string of the molecule is CC1=[N+](c2ccc(N)cc2Oc2cccc(C#N)c2)C=C1. The number of benzene rings is 2. The number of nitriles is 1. The van der Waals surface area contributed by atoms with Gasteiger partial charge < -0.3 is 10.5 Å². The first-order valence-corrected chi connectivity index (χ1v) is 6.56. The molecule has 0 spiro atoms. The first-order chi connectivity index (χ1) is 10.2. The molecule has 4 nitrogen and oxygen atoms in total. The molecule has 1 aliphatic rings. The summed E-state index contributed by atoms with van der Waals surface area (Å²) < 4.78 is 7.95. The largest absolute Gasteiger partial charge is 0.450 e. The lowest BCUT2D eigenvalue weighted by molar-refractivity contribution is -0.372. The summed E-state index contributed by atoms with van der Waals surface area (Å²) in [5.41, 5.74) is 9.10. The van der Waals surface area contributed by atoms with E-state index in [4.69, 9.17) is 15.7 Å². The Hall–Kier alpha value is -3.06. The van der Waals surface area contributed by atoms with Crippen LogP contribution in [0, 0.1) is 11.3 Å². The third-order valence-corrected chi connectivity index (χ3v) is 3.28. The standard InChI is InChI=1S/C17H14N3O/c1-12-7-8-20(12)16-6-5-14(19)10-17(16)21-15-4-2-3-13(9-15)11-18/h2-10H,19H2,1H3/q+1. The summed E-state index contributed by atoms with van der Waals surface area (Å²) in [5, 5.41) is 8.95. The van der Waals surface area contributed by atoms with Crippen LogP contribution in [0.2, 0.25) is 0 Å². The summed E-state index contributed by atoms with van der Waals surface area (Å²) in [5.74, 6) is 1.27. The molecule has 3 rings (SSSR count). The molecule has 1 aliphatic heterocycles. The van der Waals surface area contributed by atoms with Crippen LogP contribution >= 0.6 is 0 Å². The van der Waals surface area contributed by atoms with Crippen LogP contribution in [-0.2, 0) is 0 Å². The third kappa shape index (κ3) is 2.49. The molecule has 0 amide bonds. The molecular weight excluding hydrogens is 262 g/mol. The molecule has 0 radical (unpaired) electrons. The topological polar surface area (TPSA) is 62.1 Å². The van der Waals surface area contributed by atoms with Crippen molar-refractivity contribution in [3.63, 3.8) is 0 Å². The second kappa shape index (κ2) is 5.14. The fourth-order valence-corrected chi connectivity index (χ4v) is 2.14. The van der Waals surface area contributed by atoms with E-state index in [0.29, 0.717) is 22.7 Å². The van der Waals surface area contributed by atoms with Crippen LogP contribution in [0.25, 0.3) is 0 Å². The lowest BCUT2D eigenvalue weighted by atomic mass is 10.2. The zero-order valence-electron chi connectivity index (χ0n) is 11.6. The van der Waals surface area contributed by atoms with Gasteiger partial charge in [-0.15, -0.1) is 0 Å². The zero-order chi connectivity index (χ0) is 14.8. The van der Waals surface area contributed by atoms with Gasteiger partial charge in [0.15, 0.2) is 11.9 Å². The van der Waals surface area contributed by atoms with E-state index < -0.39 is 0 Å². The lowest BCUT2D eigenvalue weighted by Gasteiger charge is -2.12. The summed E-state index contributed by atoms with van der Waals surface area (Å²) in [7, 11) is 0. The van der Waals surface area contributed by atoms with Crippen LogP contribution in [0.1, 0.15) is 12.5 Å². The van der Waals surface area contributed by atoms with Gasteiger partial charge in [0.1, 0.15) is 5.75 Å². The third-order valence-electron chi connectivity index (χ3n) is 3.28. The van der Waals surface area contributed by atoms with Crippen molar-refractivity contribution in [2.75, 3.05) is 5.73 Å². The Morgan fingerprint density at radius 2 is 2.05 bits per heavy atom. The van der Waals surface area contributed by atoms with Crippen LogP contribution in [-0.4, -0.2) is 10.3 Å². The highest BCUT2D eigenvalue weighted by atomic mass is 16.5. The van der Waals surface area contributed by atoms with E-state index in [9.17, 15) is 0 Å². The number of anilines is 1. The highest BCUT2D eigenvalue weighted by molar-refractivity contribution is 5.92. The Bertz CT molecular complexity index is 813. The minimum absolute atomic E-state index is 0.560. The molecule has 0 aromatic heterocycles. The van der Waals surface area contributed by atoms with Gasteiger partial charge in [-0.3, -0.25) is 0 Å². The van der Waals surface area contributed by atoms with Gasteiger partial charge in [0, 0.05) is 24.7 Å². The number of nitrogens with two attached hydrogens (primary N) is 1. The first-order valence-electron chi connectivity index (χ1n) is 6.56. The van der Waals surface area contributed by atoms with Crippen LogP contribution in [0.3, 0.4) is 0 Å². The number of nitrogens with zero attached hydrogens (tertiary/aromatic N) is 2. The maximum Gasteiger partial charge on any atom is 0.253 e. The Morgan fingerprint density at radius 1 is 1.19 bits per heavy atom. The van der Waals surface area contributed by atoms with Gasteiger partial charge in [-0.05, 0) is 24.3 Å². The highest BCUT2D eigenvalue weighted by Crippen LogP contribution is 2.35. The van der Waals surface area contributed by atoms with Gasteiger partial charge in [-0.1, -0.05) is 6.07 Å². The Kier molecular flexibility index (Phi) is 3.17. The monoisotopic (exact) mass is 276 g/mol. The van der Waals surface area contributed by atoms with Crippen molar-refractivity contribution >= 4 is 17.1 Å². The fraction of sp³-hybridized carbons (Fsp3) is 0.0588. The van der Waals surface area contributed by atoms with Crippen molar-refractivity contribution < 1.29 is 9.31 Å². The van der Waals surface area contributed by atoms with E-state index in [1.807, 2.05) is 42.0 Å². The van der Waals surface area contributed by atoms with E-state index in [-0.39, 0.29) is 0 Å². The minimum Gasteiger partial charge on any atom is -0.450 e. The predicted molar refractivity (Wildman–Crippen MR) is 81.8 cm³/mol. The molecule has 102 valence electrons. The van der Waals surface area contributed by atoms with Gasteiger partial charge in [0.25, 0.3) is 5.69 Å². The highest BCUT2D eigenvalue weighted by Gasteiger charge is 2.22. The van der Waals surface area contributed by atoms with Crippen molar-refractivity contribution in [1.82, 2.24) is 0 Å². The lowest BCUT2D eigenvalue weighted by Crippen LogP contribution is -2.14. The van der Waals surface area contributed by atoms with Gasteiger partial charge in [-0.25, -0.2) is 0 Å². The van der Waals surface area contributed by atoms with E-state index in [2.05, 4.69) is 6.07 Å². The van der Waals surface area contributed by atoms with Crippen molar-refractivity contribution in [3.05, 3.63) is 60.3 Å². The zero-order valence-corrected chi connectivity index (χ0v) is 11.6. The summed E-state index contributed by atoms with van der Waals surface area (Å²) in [6.07, 6.45) is 4.00. The number of allylic oxidation sites excluding steroid dienone is 1. The van der Waals surface area contributed by atoms with E-state index in [0.717, 1.165) is 11.4 Å². The molecule has 0 fully saturated rings. The summed E-state index contributed by atoms with van der Waals surface area (Å²) >= 11 is 0. The molecule has 0 atom stereocenters. The maximum atomic E-state index is 8.95. The number of hydrogen-bond donors (Lipinski definition) is 1.